The van der Waals surface area contributed by atoms with Gasteiger partial charge in [0.25, 0.3) is 0 Å². The lowest BCUT2D eigenvalue weighted by Gasteiger charge is -2.33. The molecule has 0 bridgehead atoms. The molecular formula is C33H40F2N2O5. The third-order valence-corrected chi connectivity index (χ3v) is 7.72. The van der Waals surface area contributed by atoms with Gasteiger partial charge >= 0.3 is 0 Å². The number of hydrogen-bond donors (Lipinski definition) is 1. The Morgan fingerprint density at radius 2 is 1.86 bits per heavy atom. The van der Waals surface area contributed by atoms with E-state index in [1.807, 2.05) is 12.1 Å². The zero-order chi connectivity index (χ0) is 29.1. The Morgan fingerprint density at radius 1 is 0.976 bits per heavy atom. The number of piperidine rings is 1. The Morgan fingerprint density at radius 3 is 2.71 bits per heavy atom. The lowest BCUT2D eigenvalue weighted by molar-refractivity contribution is 0.0106. The molecule has 5 rings (SSSR count). The first-order chi connectivity index (χ1) is 20.6. The van der Waals surface area contributed by atoms with Gasteiger partial charge in [-0.3, -0.25) is 0 Å². The van der Waals surface area contributed by atoms with Crippen LogP contribution < -0.4 is 19.7 Å². The van der Waals surface area contributed by atoms with E-state index >= 15 is 0 Å². The molecule has 0 radical (unpaired) electrons. The Balaban J connectivity index is 1.11. The zero-order valence-corrected chi connectivity index (χ0v) is 24.2. The summed E-state index contributed by atoms with van der Waals surface area (Å²) in [5.41, 5.74) is 3.67. The molecule has 42 heavy (non-hydrogen) atoms. The first-order valence-corrected chi connectivity index (χ1v) is 14.7. The van der Waals surface area contributed by atoms with Crippen molar-refractivity contribution in [1.82, 2.24) is 5.32 Å². The highest BCUT2D eigenvalue weighted by molar-refractivity contribution is 5.61. The maximum absolute atomic E-state index is 13.7. The molecule has 0 spiro atoms. The quantitative estimate of drug-likeness (QED) is 0.254. The van der Waals surface area contributed by atoms with Gasteiger partial charge in [0.1, 0.15) is 36.3 Å². The van der Waals surface area contributed by atoms with E-state index in [0.29, 0.717) is 19.8 Å². The molecule has 0 amide bonds. The van der Waals surface area contributed by atoms with Crippen molar-refractivity contribution in [3.8, 4) is 11.5 Å². The number of rotatable bonds is 14. The molecule has 1 N–H and O–H groups in total. The van der Waals surface area contributed by atoms with Crippen LogP contribution in [0.15, 0.2) is 60.7 Å². The number of halogens is 2. The lowest BCUT2D eigenvalue weighted by Crippen LogP contribution is -2.41. The highest BCUT2D eigenvalue weighted by atomic mass is 19.1. The van der Waals surface area contributed by atoms with Crippen LogP contribution in [0.5, 0.6) is 11.5 Å². The summed E-state index contributed by atoms with van der Waals surface area (Å²) in [6, 6.07) is 17.8. The van der Waals surface area contributed by atoms with E-state index in [1.165, 1.54) is 5.56 Å². The number of fused-ring (bicyclic) bond motifs is 1. The monoisotopic (exact) mass is 582 g/mol. The van der Waals surface area contributed by atoms with Gasteiger partial charge in [-0.2, -0.15) is 0 Å². The summed E-state index contributed by atoms with van der Waals surface area (Å²) in [5, 5.41) is 3.48. The molecular weight excluding hydrogens is 542 g/mol. The number of nitrogens with zero attached hydrogens (tertiary/aromatic N) is 1. The molecule has 2 aliphatic rings. The van der Waals surface area contributed by atoms with E-state index in [9.17, 15) is 8.78 Å². The van der Waals surface area contributed by atoms with E-state index in [0.717, 1.165) is 86.6 Å². The number of methoxy groups -OCH3 is 1. The summed E-state index contributed by atoms with van der Waals surface area (Å²) in [6.07, 6.45) is 2.01. The Kier molecular flexibility index (Phi) is 11.0. The Hall–Kier alpha value is -3.24. The summed E-state index contributed by atoms with van der Waals surface area (Å²) in [5.74, 6) is 0.968. The maximum Gasteiger partial charge on any atom is 0.142 e. The van der Waals surface area contributed by atoms with Gasteiger partial charge in [0, 0.05) is 38.3 Å². The first-order valence-electron chi connectivity index (χ1n) is 14.7. The predicted molar refractivity (Wildman–Crippen MR) is 157 cm³/mol. The summed E-state index contributed by atoms with van der Waals surface area (Å²) in [6.45, 7) is 6.09. The van der Waals surface area contributed by atoms with Crippen LogP contribution >= 0.6 is 0 Å². The largest absolute Gasteiger partial charge is 0.491 e. The molecule has 9 heteroatoms. The van der Waals surface area contributed by atoms with Crippen molar-refractivity contribution in [2.75, 3.05) is 64.6 Å². The second kappa shape index (κ2) is 15.3. The Bertz CT molecular complexity index is 1280. The second-order valence-corrected chi connectivity index (χ2v) is 10.6. The molecule has 2 atom stereocenters. The van der Waals surface area contributed by atoms with Crippen LogP contribution in [0, 0.1) is 11.6 Å². The normalized spacial score (nSPS) is 18.4. The fourth-order valence-corrected chi connectivity index (χ4v) is 5.50. The zero-order valence-electron chi connectivity index (χ0n) is 24.2. The molecule has 3 aromatic carbocycles. The number of hydrogen-bond acceptors (Lipinski definition) is 7. The molecule has 2 unspecified atom stereocenters. The van der Waals surface area contributed by atoms with Crippen molar-refractivity contribution in [1.29, 1.82) is 0 Å². The maximum atomic E-state index is 13.7. The number of nitrogens with one attached hydrogen (secondary N) is 1. The van der Waals surface area contributed by atoms with Crippen molar-refractivity contribution in [2.45, 2.75) is 38.1 Å². The molecule has 0 aliphatic carbocycles. The van der Waals surface area contributed by atoms with Crippen molar-refractivity contribution in [2.24, 2.45) is 0 Å². The topological polar surface area (TPSA) is 61.4 Å². The molecule has 2 heterocycles. The number of benzene rings is 3. The van der Waals surface area contributed by atoms with Crippen molar-refractivity contribution in [3.05, 3.63) is 89.0 Å². The number of ether oxygens (including phenoxy) is 5. The third-order valence-electron chi connectivity index (χ3n) is 7.72. The first kappa shape index (κ1) is 30.2. The Labute approximate surface area is 246 Å². The third kappa shape index (κ3) is 8.19. The van der Waals surface area contributed by atoms with Gasteiger partial charge in [-0.05, 0) is 73.0 Å². The van der Waals surface area contributed by atoms with Crippen LogP contribution in [0.2, 0.25) is 0 Å². The lowest BCUT2D eigenvalue weighted by atomic mass is 9.87. The van der Waals surface area contributed by atoms with Crippen LogP contribution in [0.3, 0.4) is 0 Å². The van der Waals surface area contributed by atoms with Crippen molar-refractivity contribution < 1.29 is 32.5 Å². The average Bonchev–Trinajstić information content (AvgIpc) is 3.02. The van der Waals surface area contributed by atoms with Crippen molar-refractivity contribution >= 4 is 5.69 Å². The standard InChI is InChI=1S/C33H40F2N2O5/c1-38-15-2-13-37-14-16-41-32-10-3-24(19-31(32)37)22-42-33-21-36-12-11-29(33)25-4-7-28(8-5-25)40-18-17-39-23-26-20-27(34)6-9-30(26)35/h3-10,19-20,29,33,36H,2,11-18,21-23H2,1H3. The summed E-state index contributed by atoms with van der Waals surface area (Å²) in [7, 11) is 1.74. The van der Waals surface area contributed by atoms with E-state index in [4.69, 9.17) is 23.7 Å². The fourth-order valence-electron chi connectivity index (χ4n) is 5.50. The van der Waals surface area contributed by atoms with Crippen LogP contribution in [-0.4, -0.2) is 65.8 Å². The molecule has 0 aromatic heterocycles. The minimum atomic E-state index is -0.484. The SMILES string of the molecule is COCCCN1CCOc2ccc(COC3CNCCC3c3ccc(OCCOCc4cc(F)ccc4F)cc3)cc21. The smallest absolute Gasteiger partial charge is 0.142 e. The van der Waals surface area contributed by atoms with Gasteiger partial charge in [0.15, 0.2) is 0 Å². The van der Waals surface area contributed by atoms with Crippen molar-refractivity contribution in [3.63, 3.8) is 0 Å². The second-order valence-electron chi connectivity index (χ2n) is 10.6. The molecule has 226 valence electrons. The minimum absolute atomic E-state index is 0.00509. The van der Waals surface area contributed by atoms with Crippen LogP contribution in [-0.2, 0) is 27.4 Å². The van der Waals surface area contributed by atoms with Gasteiger partial charge in [-0.1, -0.05) is 18.2 Å². The minimum Gasteiger partial charge on any atom is -0.491 e. The van der Waals surface area contributed by atoms with Gasteiger partial charge in [0.2, 0.25) is 0 Å². The highest BCUT2D eigenvalue weighted by Crippen LogP contribution is 2.34. The van der Waals surface area contributed by atoms with E-state index in [1.54, 1.807) is 7.11 Å². The molecule has 0 saturated carbocycles. The molecule has 1 fully saturated rings. The van der Waals surface area contributed by atoms with E-state index in [-0.39, 0.29) is 30.8 Å². The van der Waals surface area contributed by atoms with Gasteiger partial charge in [-0.25, -0.2) is 8.78 Å². The van der Waals surface area contributed by atoms with Crippen LogP contribution in [0.4, 0.5) is 14.5 Å². The summed E-state index contributed by atoms with van der Waals surface area (Å²) in [4.78, 5) is 2.37. The molecule has 3 aromatic rings. The summed E-state index contributed by atoms with van der Waals surface area (Å²) >= 11 is 0. The van der Waals surface area contributed by atoms with E-state index in [2.05, 4.69) is 40.5 Å². The fraction of sp³-hybridized carbons (Fsp3) is 0.455. The van der Waals surface area contributed by atoms with Crippen LogP contribution in [0.25, 0.3) is 0 Å². The van der Waals surface area contributed by atoms with Gasteiger partial charge in [0.05, 0.1) is 38.2 Å². The van der Waals surface area contributed by atoms with Crippen LogP contribution in [0.1, 0.15) is 35.4 Å². The van der Waals surface area contributed by atoms with Gasteiger partial charge < -0.3 is 33.9 Å². The molecule has 7 nitrogen and oxygen atoms in total. The molecule has 1 saturated heterocycles. The van der Waals surface area contributed by atoms with Gasteiger partial charge in [-0.15, -0.1) is 0 Å². The molecule has 2 aliphatic heterocycles. The number of anilines is 1. The average molecular weight is 583 g/mol. The summed E-state index contributed by atoms with van der Waals surface area (Å²) < 4.78 is 55.9. The highest BCUT2D eigenvalue weighted by Gasteiger charge is 2.27. The van der Waals surface area contributed by atoms with E-state index < -0.39 is 11.6 Å². The predicted octanol–water partition coefficient (Wildman–Crippen LogP) is 5.46.